The summed E-state index contributed by atoms with van der Waals surface area (Å²) >= 11 is 0. The largest absolute Gasteiger partial charge is 0.454 e. The first-order chi connectivity index (χ1) is 15.0. The molecule has 3 heterocycles. The van der Waals surface area contributed by atoms with Crippen molar-refractivity contribution in [3.05, 3.63) is 59.9 Å². The van der Waals surface area contributed by atoms with Gasteiger partial charge in [0.25, 0.3) is 5.91 Å². The van der Waals surface area contributed by atoms with Crippen LogP contribution in [-0.4, -0.2) is 40.7 Å². The number of para-hydroxylation sites is 1. The molecule has 0 radical (unpaired) electrons. The predicted octanol–water partition coefficient (Wildman–Crippen LogP) is 2.44. The molecule has 1 fully saturated rings. The Morgan fingerprint density at radius 3 is 2.84 bits per heavy atom. The van der Waals surface area contributed by atoms with Gasteiger partial charge < -0.3 is 24.7 Å². The minimum absolute atomic E-state index is 0.122. The van der Waals surface area contributed by atoms with Gasteiger partial charge in [-0.1, -0.05) is 18.2 Å². The van der Waals surface area contributed by atoms with Crippen molar-refractivity contribution >= 4 is 40.5 Å². The van der Waals surface area contributed by atoms with E-state index in [2.05, 4.69) is 10.6 Å². The number of benzene rings is 2. The van der Waals surface area contributed by atoms with Gasteiger partial charge in [-0.05, 0) is 24.3 Å². The fourth-order valence-electron chi connectivity index (χ4n) is 3.68. The minimum atomic E-state index is -0.641. The average Bonchev–Trinajstić information content (AvgIpc) is 3.42. The number of anilines is 1. The molecule has 9 nitrogen and oxygen atoms in total. The topological polar surface area (TPSA) is 102 Å². The van der Waals surface area contributed by atoms with Crippen LogP contribution in [0.5, 0.6) is 11.5 Å². The molecule has 2 aromatic carbocycles. The standard InChI is InChI=1S/C22H18N4O5/c1-25-10-13(15-4-2-3-5-17(15)25)8-16-21(28)26(22(29)24-16)11-20(27)23-14-6-7-18-19(9-14)31-12-30-18/h2-10H,11-12H2,1H3,(H,23,27)(H,24,29). The highest BCUT2D eigenvalue weighted by atomic mass is 16.7. The Hall–Kier alpha value is -4.27. The van der Waals surface area contributed by atoms with E-state index < -0.39 is 24.4 Å². The zero-order valence-corrected chi connectivity index (χ0v) is 16.5. The number of urea groups is 1. The molecule has 0 saturated carbocycles. The molecule has 0 bridgehead atoms. The fraction of sp³-hybridized carbons (Fsp3) is 0.136. The number of ether oxygens (including phenoxy) is 2. The number of amides is 4. The smallest absolute Gasteiger partial charge is 0.329 e. The van der Waals surface area contributed by atoms with Gasteiger partial charge >= 0.3 is 6.03 Å². The predicted molar refractivity (Wildman–Crippen MR) is 112 cm³/mol. The van der Waals surface area contributed by atoms with Gasteiger partial charge in [0, 0.05) is 41.5 Å². The summed E-state index contributed by atoms with van der Waals surface area (Å²) in [6, 6.07) is 12.1. The Balaban J connectivity index is 1.32. The van der Waals surface area contributed by atoms with Crippen LogP contribution in [0.1, 0.15) is 5.56 Å². The number of rotatable bonds is 4. The van der Waals surface area contributed by atoms with Gasteiger partial charge in [0.2, 0.25) is 12.7 Å². The van der Waals surface area contributed by atoms with Crippen molar-refractivity contribution in [2.24, 2.45) is 7.05 Å². The second-order valence-corrected chi connectivity index (χ2v) is 7.21. The van der Waals surface area contributed by atoms with Crippen molar-refractivity contribution in [3.63, 3.8) is 0 Å². The monoisotopic (exact) mass is 418 g/mol. The second kappa shape index (κ2) is 7.21. The third kappa shape index (κ3) is 3.35. The first kappa shape index (κ1) is 18.7. The Morgan fingerprint density at radius 2 is 1.97 bits per heavy atom. The van der Waals surface area contributed by atoms with E-state index in [9.17, 15) is 14.4 Å². The van der Waals surface area contributed by atoms with Crippen LogP contribution < -0.4 is 20.1 Å². The molecule has 5 rings (SSSR count). The maximum absolute atomic E-state index is 12.8. The molecule has 31 heavy (non-hydrogen) atoms. The summed E-state index contributed by atoms with van der Waals surface area (Å²) in [7, 11) is 1.91. The molecule has 156 valence electrons. The number of imide groups is 1. The number of hydrogen-bond acceptors (Lipinski definition) is 5. The second-order valence-electron chi connectivity index (χ2n) is 7.21. The summed E-state index contributed by atoms with van der Waals surface area (Å²) in [4.78, 5) is 38.4. The van der Waals surface area contributed by atoms with Crippen LogP contribution in [0.2, 0.25) is 0 Å². The van der Waals surface area contributed by atoms with Crippen molar-refractivity contribution in [2.45, 2.75) is 0 Å². The van der Waals surface area contributed by atoms with Gasteiger partial charge in [0.05, 0.1) is 0 Å². The molecule has 0 aliphatic carbocycles. The third-order valence-corrected chi connectivity index (χ3v) is 5.15. The van der Waals surface area contributed by atoms with Crippen molar-refractivity contribution in [1.29, 1.82) is 0 Å². The summed E-state index contributed by atoms with van der Waals surface area (Å²) in [6.07, 6.45) is 3.50. The number of carbonyl (C=O) groups excluding carboxylic acids is 3. The number of aromatic nitrogens is 1. The Bertz CT molecular complexity index is 1280. The van der Waals surface area contributed by atoms with Crippen molar-refractivity contribution in [2.75, 3.05) is 18.7 Å². The van der Waals surface area contributed by atoms with E-state index in [1.807, 2.05) is 42.1 Å². The number of carbonyl (C=O) groups is 3. The highest BCUT2D eigenvalue weighted by molar-refractivity contribution is 6.16. The van der Waals surface area contributed by atoms with E-state index in [1.165, 1.54) is 0 Å². The van der Waals surface area contributed by atoms with Crippen LogP contribution in [0.25, 0.3) is 17.0 Å². The van der Waals surface area contributed by atoms with Gasteiger partial charge in [-0.3, -0.25) is 9.59 Å². The molecular formula is C22H18N4O5. The van der Waals surface area contributed by atoms with E-state index in [0.717, 1.165) is 21.4 Å². The minimum Gasteiger partial charge on any atom is -0.454 e. The Labute approximate surface area is 176 Å². The lowest BCUT2D eigenvalue weighted by molar-refractivity contribution is -0.127. The van der Waals surface area contributed by atoms with Crippen LogP contribution in [0.3, 0.4) is 0 Å². The molecule has 0 unspecified atom stereocenters. The highest BCUT2D eigenvalue weighted by Crippen LogP contribution is 2.34. The molecule has 0 spiro atoms. The SMILES string of the molecule is Cn1cc(C=C2NC(=O)N(CC(=O)Nc3ccc4c(c3)OCO4)C2=O)c2ccccc21. The molecule has 1 saturated heterocycles. The molecule has 9 heteroatoms. The van der Waals surface area contributed by atoms with Crippen LogP contribution >= 0.6 is 0 Å². The van der Waals surface area contributed by atoms with Crippen molar-refractivity contribution in [1.82, 2.24) is 14.8 Å². The molecule has 3 aromatic rings. The number of aryl methyl sites for hydroxylation is 1. The van der Waals surface area contributed by atoms with E-state index >= 15 is 0 Å². The van der Waals surface area contributed by atoms with E-state index in [4.69, 9.17) is 9.47 Å². The summed E-state index contributed by atoms with van der Waals surface area (Å²) in [5.74, 6) is 0.0518. The lowest BCUT2D eigenvalue weighted by Gasteiger charge is -2.12. The summed E-state index contributed by atoms with van der Waals surface area (Å²) < 4.78 is 12.5. The van der Waals surface area contributed by atoms with Crippen LogP contribution in [0.4, 0.5) is 10.5 Å². The van der Waals surface area contributed by atoms with Crippen molar-refractivity contribution < 1.29 is 23.9 Å². The number of nitrogens with one attached hydrogen (secondary N) is 2. The number of fused-ring (bicyclic) bond motifs is 2. The molecule has 2 aliphatic rings. The summed E-state index contributed by atoms with van der Waals surface area (Å²) in [6.45, 7) is -0.285. The summed E-state index contributed by atoms with van der Waals surface area (Å²) in [5, 5.41) is 6.17. The van der Waals surface area contributed by atoms with Crippen molar-refractivity contribution in [3.8, 4) is 11.5 Å². The first-order valence-corrected chi connectivity index (χ1v) is 9.58. The average molecular weight is 418 g/mol. The molecule has 4 amide bonds. The zero-order valence-electron chi connectivity index (χ0n) is 16.5. The van der Waals surface area contributed by atoms with E-state index in [-0.39, 0.29) is 12.5 Å². The van der Waals surface area contributed by atoms with Crippen LogP contribution in [0, 0.1) is 0 Å². The van der Waals surface area contributed by atoms with Gasteiger partial charge in [-0.15, -0.1) is 0 Å². The van der Waals surface area contributed by atoms with Gasteiger partial charge in [-0.2, -0.15) is 0 Å². The summed E-state index contributed by atoms with van der Waals surface area (Å²) in [5.41, 5.74) is 2.41. The lowest BCUT2D eigenvalue weighted by atomic mass is 10.1. The Kier molecular flexibility index (Phi) is 4.36. The first-order valence-electron chi connectivity index (χ1n) is 9.58. The normalized spacial score (nSPS) is 16.3. The van der Waals surface area contributed by atoms with Gasteiger partial charge in [0.1, 0.15) is 12.2 Å². The number of hydrogen-bond donors (Lipinski definition) is 2. The Morgan fingerprint density at radius 1 is 1.16 bits per heavy atom. The number of nitrogens with zero attached hydrogens (tertiary/aromatic N) is 2. The third-order valence-electron chi connectivity index (χ3n) is 5.15. The van der Waals surface area contributed by atoms with Gasteiger partial charge in [0.15, 0.2) is 11.5 Å². The van der Waals surface area contributed by atoms with Crippen LogP contribution in [-0.2, 0) is 16.6 Å². The zero-order chi connectivity index (χ0) is 21.5. The van der Waals surface area contributed by atoms with E-state index in [1.54, 1.807) is 24.3 Å². The molecule has 2 aliphatic heterocycles. The highest BCUT2D eigenvalue weighted by Gasteiger charge is 2.35. The molecule has 1 aromatic heterocycles. The molecule has 2 N–H and O–H groups in total. The maximum atomic E-state index is 12.8. The van der Waals surface area contributed by atoms with Gasteiger partial charge in [-0.25, -0.2) is 9.69 Å². The lowest BCUT2D eigenvalue weighted by Crippen LogP contribution is -2.38. The molecular weight excluding hydrogens is 400 g/mol. The maximum Gasteiger partial charge on any atom is 0.329 e. The van der Waals surface area contributed by atoms with E-state index in [0.29, 0.717) is 17.2 Å². The quantitative estimate of drug-likeness (QED) is 0.501. The fourth-order valence-corrected chi connectivity index (χ4v) is 3.68. The molecule has 0 atom stereocenters. The van der Waals surface area contributed by atoms with Crippen LogP contribution in [0.15, 0.2) is 54.4 Å².